The third kappa shape index (κ3) is 5.55. The first-order valence-electron chi connectivity index (χ1n) is 15.2. The SMILES string of the molecule is COC(=O)[C@@H]1C[C@@H](n2cc(Cn3c4ccccc4c4ccccc43)nn2)CN1C(=O)c1cc([N+](=O)[O-])ccc1Oc1ccc(OC)cc1. The Bertz CT molecular complexity index is 2120. The molecule has 1 aliphatic heterocycles. The van der Waals surface area contributed by atoms with E-state index in [2.05, 4.69) is 39.1 Å². The van der Waals surface area contributed by atoms with Crippen LogP contribution in [-0.4, -0.2) is 68.1 Å². The average molecular weight is 647 g/mol. The number of carbonyl (C=O) groups excluding carboxylic acids is 2. The number of rotatable bonds is 9. The van der Waals surface area contributed by atoms with E-state index in [1.54, 1.807) is 28.9 Å². The molecule has 13 heteroatoms. The highest BCUT2D eigenvalue weighted by Crippen LogP contribution is 2.35. The maximum Gasteiger partial charge on any atom is 0.328 e. The summed E-state index contributed by atoms with van der Waals surface area (Å²) in [6.45, 7) is 0.547. The summed E-state index contributed by atoms with van der Waals surface area (Å²) in [5, 5.41) is 22.8. The Balaban J connectivity index is 1.18. The number of methoxy groups -OCH3 is 2. The van der Waals surface area contributed by atoms with Crippen LogP contribution in [0.5, 0.6) is 17.2 Å². The number of fused-ring (bicyclic) bond motifs is 3. The number of nitro groups is 1. The van der Waals surface area contributed by atoms with E-state index in [9.17, 15) is 19.7 Å². The highest BCUT2D eigenvalue weighted by molar-refractivity contribution is 6.08. The predicted octanol–water partition coefficient (Wildman–Crippen LogP) is 5.77. The highest BCUT2D eigenvalue weighted by atomic mass is 16.6. The standard InChI is InChI=1S/C35H30N6O7/c1-46-25-12-14-26(15-13-25)48-33-16-11-23(41(44)45)17-29(33)34(42)39-21-24(18-32(39)35(43)47-2)40-20-22(36-37-40)19-38-30-9-5-3-7-27(30)28-8-4-6-10-31(28)38/h3-17,20,24,32H,18-19,21H2,1-2H3/t24-,32+/m1/s1. The molecule has 48 heavy (non-hydrogen) atoms. The van der Waals surface area contributed by atoms with E-state index in [1.807, 2.05) is 30.5 Å². The molecule has 1 aliphatic rings. The number of aromatic nitrogens is 4. The fourth-order valence-electron chi connectivity index (χ4n) is 6.30. The quantitative estimate of drug-likeness (QED) is 0.109. The molecule has 7 rings (SSSR count). The molecule has 0 aliphatic carbocycles. The third-order valence-electron chi connectivity index (χ3n) is 8.64. The molecule has 13 nitrogen and oxygen atoms in total. The first-order valence-corrected chi connectivity index (χ1v) is 15.2. The Morgan fingerprint density at radius 3 is 2.23 bits per heavy atom. The summed E-state index contributed by atoms with van der Waals surface area (Å²) in [5.74, 6) is -0.138. The van der Waals surface area contributed by atoms with E-state index < -0.39 is 28.9 Å². The number of nitro benzene ring substituents is 1. The van der Waals surface area contributed by atoms with E-state index in [0.717, 1.165) is 27.9 Å². The van der Waals surface area contributed by atoms with Gasteiger partial charge in [0, 0.05) is 46.9 Å². The highest BCUT2D eigenvalue weighted by Gasteiger charge is 2.43. The molecule has 0 radical (unpaired) electrons. The van der Waals surface area contributed by atoms with Gasteiger partial charge in [-0.05, 0) is 42.5 Å². The fraction of sp³-hybridized carbons (Fsp3) is 0.200. The molecular formula is C35H30N6O7. The van der Waals surface area contributed by atoms with Crippen molar-refractivity contribution in [2.45, 2.75) is 25.0 Å². The second kappa shape index (κ2) is 12.5. The van der Waals surface area contributed by atoms with Gasteiger partial charge >= 0.3 is 5.97 Å². The van der Waals surface area contributed by atoms with Gasteiger partial charge in [-0.1, -0.05) is 41.6 Å². The number of esters is 1. The van der Waals surface area contributed by atoms with Crippen molar-refractivity contribution < 1.29 is 28.7 Å². The lowest BCUT2D eigenvalue weighted by Crippen LogP contribution is -2.41. The van der Waals surface area contributed by atoms with Gasteiger partial charge in [0.15, 0.2) is 0 Å². The largest absolute Gasteiger partial charge is 0.497 e. The summed E-state index contributed by atoms with van der Waals surface area (Å²) in [5.41, 5.74) is 2.48. The van der Waals surface area contributed by atoms with Crippen LogP contribution in [0.2, 0.25) is 0 Å². The summed E-state index contributed by atoms with van der Waals surface area (Å²) < 4.78 is 20.1. The number of amides is 1. The summed E-state index contributed by atoms with van der Waals surface area (Å²) in [6, 6.07) is 25.4. The molecule has 0 spiro atoms. The fourth-order valence-corrected chi connectivity index (χ4v) is 6.30. The zero-order valence-electron chi connectivity index (χ0n) is 26.1. The smallest absolute Gasteiger partial charge is 0.328 e. The van der Waals surface area contributed by atoms with Gasteiger partial charge < -0.3 is 23.7 Å². The van der Waals surface area contributed by atoms with Crippen molar-refractivity contribution in [2.24, 2.45) is 0 Å². The van der Waals surface area contributed by atoms with E-state index in [4.69, 9.17) is 14.2 Å². The molecule has 6 aromatic rings. The zero-order chi connectivity index (χ0) is 33.4. The van der Waals surface area contributed by atoms with Gasteiger partial charge in [0.1, 0.15) is 29.0 Å². The summed E-state index contributed by atoms with van der Waals surface area (Å²) in [7, 11) is 2.79. The average Bonchev–Trinajstić information content (AvgIpc) is 3.85. The molecule has 0 bridgehead atoms. The second-order valence-corrected chi connectivity index (χ2v) is 11.4. The Morgan fingerprint density at radius 2 is 1.58 bits per heavy atom. The Kier molecular flexibility index (Phi) is 7.93. The molecule has 3 heterocycles. The van der Waals surface area contributed by atoms with Crippen molar-refractivity contribution in [1.82, 2.24) is 24.5 Å². The second-order valence-electron chi connectivity index (χ2n) is 11.4. The van der Waals surface area contributed by atoms with E-state index in [1.165, 1.54) is 31.3 Å². The molecule has 0 saturated carbocycles. The Labute approximate surface area is 274 Å². The molecule has 1 amide bonds. The monoisotopic (exact) mass is 646 g/mol. The molecule has 1 saturated heterocycles. The minimum atomic E-state index is -0.967. The first-order chi connectivity index (χ1) is 23.3. The first kappa shape index (κ1) is 30.4. The number of likely N-dealkylation sites (tertiary alicyclic amines) is 1. The summed E-state index contributed by atoms with van der Waals surface area (Å²) >= 11 is 0. The topological polar surface area (TPSA) is 144 Å². The van der Waals surface area contributed by atoms with E-state index in [-0.39, 0.29) is 30.0 Å². The molecule has 0 unspecified atom stereocenters. The van der Waals surface area contributed by atoms with Crippen LogP contribution in [0.25, 0.3) is 21.8 Å². The minimum absolute atomic E-state index is 0.0692. The lowest BCUT2D eigenvalue weighted by molar-refractivity contribution is -0.384. The third-order valence-corrected chi connectivity index (χ3v) is 8.64. The van der Waals surface area contributed by atoms with Gasteiger partial charge in [-0.25, -0.2) is 9.48 Å². The molecule has 0 N–H and O–H groups in total. The molecule has 2 aromatic heterocycles. The van der Waals surface area contributed by atoms with Gasteiger partial charge in [-0.2, -0.15) is 0 Å². The number of nitrogens with zero attached hydrogens (tertiary/aromatic N) is 6. The van der Waals surface area contributed by atoms with Gasteiger partial charge in [0.25, 0.3) is 11.6 Å². The van der Waals surface area contributed by atoms with Gasteiger partial charge in [0.05, 0.1) is 43.5 Å². The van der Waals surface area contributed by atoms with Crippen molar-refractivity contribution in [1.29, 1.82) is 0 Å². The van der Waals surface area contributed by atoms with Crippen LogP contribution in [0.3, 0.4) is 0 Å². The van der Waals surface area contributed by atoms with E-state index in [0.29, 0.717) is 23.7 Å². The number of hydrogen-bond acceptors (Lipinski definition) is 9. The van der Waals surface area contributed by atoms with Gasteiger partial charge in [-0.3, -0.25) is 14.9 Å². The number of non-ortho nitro benzene ring substituents is 1. The van der Waals surface area contributed by atoms with Crippen LogP contribution in [0.1, 0.15) is 28.5 Å². The van der Waals surface area contributed by atoms with Crippen molar-refractivity contribution in [3.8, 4) is 17.2 Å². The van der Waals surface area contributed by atoms with Crippen molar-refractivity contribution >= 4 is 39.4 Å². The van der Waals surface area contributed by atoms with Crippen LogP contribution < -0.4 is 9.47 Å². The summed E-state index contributed by atoms with van der Waals surface area (Å²) in [6.07, 6.45) is 2.03. The number of hydrogen-bond donors (Lipinski definition) is 0. The molecule has 2 atom stereocenters. The Hall–Kier alpha value is -6.24. The molecule has 242 valence electrons. The lowest BCUT2D eigenvalue weighted by atomic mass is 10.1. The van der Waals surface area contributed by atoms with Crippen LogP contribution >= 0.6 is 0 Å². The number of carbonyl (C=O) groups is 2. The van der Waals surface area contributed by atoms with Crippen LogP contribution in [0.15, 0.2) is 97.2 Å². The van der Waals surface area contributed by atoms with Crippen LogP contribution in [-0.2, 0) is 16.1 Å². The van der Waals surface area contributed by atoms with Gasteiger partial charge in [0.2, 0.25) is 0 Å². The van der Waals surface area contributed by atoms with Crippen LogP contribution in [0.4, 0.5) is 5.69 Å². The maximum atomic E-state index is 14.2. The van der Waals surface area contributed by atoms with Crippen molar-refractivity contribution in [3.05, 3.63) is 119 Å². The van der Waals surface area contributed by atoms with Crippen molar-refractivity contribution in [3.63, 3.8) is 0 Å². The maximum absolute atomic E-state index is 14.2. The molecule has 4 aromatic carbocycles. The number of ether oxygens (including phenoxy) is 3. The zero-order valence-corrected chi connectivity index (χ0v) is 26.1. The lowest BCUT2D eigenvalue weighted by Gasteiger charge is -2.23. The summed E-state index contributed by atoms with van der Waals surface area (Å²) in [4.78, 5) is 39.6. The normalized spacial score (nSPS) is 15.9. The van der Waals surface area contributed by atoms with Crippen molar-refractivity contribution in [2.75, 3.05) is 20.8 Å². The molecular weight excluding hydrogens is 616 g/mol. The molecule has 1 fully saturated rings. The van der Waals surface area contributed by atoms with Gasteiger partial charge in [-0.15, -0.1) is 5.10 Å². The van der Waals surface area contributed by atoms with Crippen LogP contribution in [0, 0.1) is 10.1 Å². The minimum Gasteiger partial charge on any atom is -0.497 e. The number of benzene rings is 4. The predicted molar refractivity (Wildman–Crippen MR) is 175 cm³/mol. The number of para-hydroxylation sites is 2. The van der Waals surface area contributed by atoms with E-state index >= 15 is 0 Å². The Morgan fingerprint density at radius 1 is 0.917 bits per heavy atom.